The Bertz CT molecular complexity index is 831. The average molecular weight is 337 g/mol. The second kappa shape index (κ2) is 8.10. The molecular weight excluding hydrogens is 318 g/mol. The Labute approximate surface area is 145 Å². The minimum atomic E-state index is -0.133. The van der Waals surface area contributed by atoms with Crippen molar-refractivity contribution >= 4 is 5.91 Å². The third-order valence-electron chi connectivity index (χ3n) is 3.52. The number of carbonyl (C=O) groups excluding carboxylic acids is 1. The van der Waals surface area contributed by atoms with E-state index in [0.717, 1.165) is 16.9 Å². The number of aromatic nitrogens is 2. The van der Waals surface area contributed by atoms with E-state index in [2.05, 4.69) is 15.5 Å². The minimum Gasteiger partial charge on any atom is -0.493 e. The van der Waals surface area contributed by atoms with Crippen LogP contribution in [0, 0.1) is 6.92 Å². The van der Waals surface area contributed by atoms with Crippen LogP contribution in [0.5, 0.6) is 5.75 Å². The van der Waals surface area contributed by atoms with Gasteiger partial charge in [0.2, 0.25) is 17.6 Å². The van der Waals surface area contributed by atoms with Crippen molar-refractivity contribution in [3.8, 4) is 17.1 Å². The molecule has 0 bridgehead atoms. The maximum Gasteiger partial charge on any atom is 0.246 e. The molecule has 0 saturated heterocycles. The minimum absolute atomic E-state index is 0.133. The number of hydrogen-bond acceptors (Lipinski definition) is 5. The van der Waals surface area contributed by atoms with Crippen molar-refractivity contribution in [3.05, 3.63) is 66.1 Å². The summed E-state index contributed by atoms with van der Waals surface area (Å²) >= 11 is 0. The zero-order chi connectivity index (χ0) is 17.5. The summed E-state index contributed by atoms with van der Waals surface area (Å²) in [6.45, 7) is 2.51. The molecule has 25 heavy (non-hydrogen) atoms. The molecule has 1 N–H and O–H groups in total. The van der Waals surface area contributed by atoms with E-state index in [-0.39, 0.29) is 18.9 Å². The van der Waals surface area contributed by atoms with E-state index in [0.29, 0.717) is 18.3 Å². The third kappa shape index (κ3) is 4.91. The van der Waals surface area contributed by atoms with Gasteiger partial charge >= 0.3 is 0 Å². The van der Waals surface area contributed by atoms with E-state index in [1.54, 1.807) is 0 Å². The van der Waals surface area contributed by atoms with Crippen LogP contribution in [-0.4, -0.2) is 22.7 Å². The largest absolute Gasteiger partial charge is 0.493 e. The molecule has 3 aromatic rings. The van der Waals surface area contributed by atoms with Gasteiger partial charge in [-0.05, 0) is 25.1 Å². The fourth-order valence-electron chi connectivity index (χ4n) is 2.27. The van der Waals surface area contributed by atoms with Gasteiger partial charge in [0.15, 0.2) is 0 Å². The molecule has 128 valence electrons. The quantitative estimate of drug-likeness (QED) is 0.717. The SMILES string of the molecule is Cc1cccc(-c2noc(CNC(=O)CCOc3ccccc3)n2)c1. The molecule has 3 rings (SSSR count). The number of ether oxygens (including phenoxy) is 1. The second-order valence-corrected chi connectivity index (χ2v) is 5.57. The number of hydrogen-bond donors (Lipinski definition) is 1. The van der Waals surface area contributed by atoms with Crippen LogP contribution in [0.3, 0.4) is 0 Å². The summed E-state index contributed by atoms with van der Waals surface area (Å²) < 4.78 is 10.7. The van der Waals surface area contributed by atoms with Gasteiger partial charge in [-0.25, -0.2) is 0 Å². The topological polar surface area (TPSA) is 77.2 Å². The Morgan fingerprint density at radius 1 is 1.16 bits per heavy atom. The molecule has 0 radical (unpaired) electrons. The molecule has 0 saturated carbocycles. The first-order valence-electron chi connectivity index (χ1n) is 8.05. The van der Waals surface area contributed by atoms with Gasteiger partial charge in [-0.2, -0.15) is 4.98 Å². The van der Waals surface area contributed by atoms with Gasteiger partial charge in [-0.15, -0.1) is 0 Å². The van der Waals surface area contributed by atoms with Gasteiger partial charge < -0.3 is 14.6 Å². The van der Waals surface area contributed by atoms with Crippen molar-refractivity contribution in [1.29, 1.82) is 0 Å². The molecule has 0 aliphatic rings. The van der Waals surface area contributed by atoms with E-state index in [9.17, 15) is 4.79 Å². The van der Waals surface area contributed by atoms with Crippen LogP contribution >= 0.6 is 0 Å². The Kier molecular flexibility index (Phi) is 5.41. The molecule has 0 unspecified atom stereocenters. The Morgan fingerprint density at radius 3 is 2.80 bits per heavy atom. The fraction of sp³-hybridized carbons (Fsp3) is 0.211. The Morgan fingerprint density at radius 2 is 2.00 bits per heavy atom. The van der Waals surface area contributed by atoms with Crippen LogP contribution in [0.25, 0.3) is 11.4 Å². The lowest BCUT2D eigenvalue weighted by Crippen LogP contribution is -2.24. The molecule has 6 heteroatoms. The average Bonchev–Trinajstić information content (AvgIpc) is 3.10. The van der Waals surface area contributed by atoms with E-state index in [4.69, 9.17) is 9.26 Å². The lowest BCUT2D eigenvalue weighted by molar-refractivity contribution is -0.121. The lowest BCUT2D eigenvalue weighted by atomic mass is 10.1. The normalized spacial score (nSPS) is 10.4. The summed E-state index contributed by atoms with van der Waals surface area (Å²) in [5.41, 5.74) is 2.01. The molecular formula is C19H19N3O3. The Balaban J connectivity index is 1.45. The molecule has 0 aliphatic heterocycles. The number of benzene rings is 2. The highest BCUT2D eigenvalue weighted by Crippen LogP contribution is 2.16. The summed E-state index contributed by atoms with van der Waals surface area (Å²) in [6.07, 6.45) is 0.258. The van der Waals surface area contributed by atoms with Crippen molar-refractivity contribution in [2.24, 2.45) is 0 Å². The van der Waals surface area contributed by atoms with Crippen LogP contribution in [0.15, 0.2) is 59.1 Å². The standard InChI is InChI=1S/C19H19N3O3/c1-14-6-5-7-15(12-14)19-21-18(25-22-19)13-20-17(23)10-11-24-16-8-3-2-4-9-16/h2-9,12H,10-11,13H2,1H3,(H,20,23). The smallest absolute Gasteiger partial charge is 0.246 e. The first-order valence-corrected chi connectivity index (χ1v) is 8.05. The van der Waals surface area contributed by atoms with Gasteiger partial charge in [-0.3, -0.25) is 4.79 Å². The predicted molar refractivity (Wildman–Crippen MR) is 92.9 cm³/mol. The molecule has 0 aliphatic carbocycles. The second-order valence-electron chi connectivity index (χ2n) is 5.57. The first kappa shape index (κ1) is 16.7. The third-order valence-corrected chi connectivity index (χ3v) is 3.52. The molecule has 0 atom stereocenters. The van der Waals surface area contributed by atoms with Crippen LogP contribution in [0.4, 0.5) is 0 Å². The van der Waals surface area contributed by atoms with E-state index >= 15 is 0 Å². The number of amides is 1. The number of nitrogens with zero attached hydrogens (tertiary/aromatic N) is 2. The van der Waals surface area contributed by atoms with Gasteiger partial charge in [0, 0.05) is 5.56 Å². The van der Waals surface area contributed by atoms with Crippen molar-refractivity contribution < 1.29 is 14.1 Å². The van der Waals surface area contributed by atoms with Gasteiger partial charge in [0.25, 0.3) is 0 Å². The monoisotopic (exact) mass is 337 g/mol. The number of nitrogens with one attached hydrogen (secondary N) is 1. The molecule has 1 aromatic heterocycles. The zero-order valence-electron chi connectivity index (χ0n) is 13.9. The highest BCUT2D eigenvalue weighted by atomic mass is 16.5. The first-order chi connectivity index (χ1) is 12.2. The number of rotatable bonds is 7. The van der Waals surface area contributed by atoms with Crippen molar-refractivity contribution in [3.63, 3.8) is 0 Å². The summed E-state index contributed by atoms with van der Waals surface area (Å²) in [6, 6.07) is 17.2. The zero-order valence-corrected chi connectivity index (χ0v) is 13.9. The number of aryl methyl sites for hydroxylation is 1. The van der Waals surface area contributed by atoms with Gasteiger partial charge in [0.1, 0.15) is 5.75 Å². The highest BCUT2D eigenvalue weighted by Gasteiger charge is 2.10. The van der Waals surface area contributed by atoms with Crippen LogP contribution in [-0.2, 0) is 11.3 Å². The van der Waals surface area contributed by atoms with Crippen molar-refractivity contribution in [1.82, 2.24) is 15.5 Å². The predicted octanol–water partition coefficient (Wildman–Crippen LogP) is 3.13. The molecule has 2 aromatic carbocycles. The lowest BCUT2D eigenvalue weighted by Gasteiger charge is -2.05. The highest BCUT2D eigenvalue weighted by molar-refractivity contribution is 5.75. The maximum atomic E-state index is 11.8. The van der Waals surface area contributed by atoms with Crippen molar-refractivity contribution in [2.75, 3.05) is 6.61 Å². The maximum absolute atomic E-state index is 11.8. The number of carbonyl (C=O) groups is 1. The number of para-hydroxylation sites is 1. The molecule has 1 heterocycles. The van der Waals surface area contributed by atoms with E-state index < -0.39 is 0 Å². The van der Waals surface area contributed by atoms with E-state index in [1.807, 2.05) is 61.5 Å². The van der Waals surface area contributed by atoms with Crippen LogP contribution < -0.4 is 10.1 Å². The summed E-state index contributed by atoms with van der Waals surface area (Å²) in [4.78, 5) is 16.1. The molecule has 1 amide bonds. The molecule has 0 spiro atoms. The summed E-state index contributed by atoms with van der Waals surface area (Å²) in [7, 11) is 0. The fourth-order valence-corrected chi connectivity index (χ4v) is 2.27. The van der Waals surface area contributed by atoms with Crippen molar-refractivity contribution in [2.45, 2.75) is 19.9 Å². The van der Waals surface area contributed by atoms with Gasteiger partial charge in [-0.1, -0.05) is 47.1 Å². The van der Waals surface area contributed by atoms with Gasteiger partial charge in [0.05, 0.1) is 19.6 Å². The van der Waals surface area contributed by atoms with Crippen LogP contribution in [0.2, 0.25) is 0 Å². The van der Waals surface area contributed by atoms with Crippen LogP contribution in [0.1, 0.15) is 17.9 Å². The molecule has 6 nitrogen and oxygen atoms in total. The summed E-state index contributed by atoms with van der Waals surface area (Å²) in [5.74, 6) is 1.50. The molecule has 0 fully saturated rings. The Hall–Kier alpha value is -3.15. The summed E-state index contributed by atoms with van der Waals surface area (Å²) in [5, 5.41) is 6.69. The van der Waals surface area contributed by atoms with E-state index in [1.165, 1.54) is 0 Å².